The van der Waals surface area contributed by atoms with Crippen molar-refractivity contribution >= 4 is 0 Å². The molecule has 0 radical (unpaired) electrons. The van der Waals surface area contributed by atoms with Crippen LogP contribution in [0.3, 0.4) is 0 Å². The van der Waals surface area contributed by atoms with Gasteiger partial charge in [0.25, 0.3) is 0 Å². The summed E-state index contributed by atoms with van der Waals surface area (Å²) in [5, 5.41) is 9.00. The van der Waals surface area contributed by atoms with Crippen molar-refractivity contribution in [1.82, 2.24) is 9.55 Å². The van der Waals surface area contributed by atoms with Crippen molar-refractivity contribution in [2.75, 3.05) is 0 Å². The molecule has 0 spiro atoms. The molecule has 1 aromatic carbocycles. The Balaban J connectivity index is 1.99. The molecule has 1 unspecified atom stereocenters. The van der Waals surface area contributed by atoms with Crippen LogP contribution in [0.5, 0.6) is 0 Å². The van der Waals surface area contributed by atoms with Gasteiger partial charge in [-0.15, -0.1) is 0 Å². The summed E-state index contributed by atoms with van der Waals surface area (Å²) in [6.45, 7) is 6.07. The van der Waals surface area contributed by atoms with Gasteiger partial charge in [-0.2, -0.15) is 5.26 Å². The standard InChI is InChI=1S/C20H19N3/c1-14(13-21)17-9-11-18(12-10-17)19-5-4-6-20(22-19)23-15(2)7-8-16(23)3/h4-12,14H,1-3H3. The average Bonchev–Trinajstić information content (AvgIpc) is 2.93. The number of aromatic nitrogens is 2. The van der Waals surface area contributed by atoms with Crippen molar-refractivity contribution < 1.29 is 0 Å². The highest BCUT2D eigenvalue weighted by Gasteiger charge is 2.08. The minimum Gasteiger partial charge on any atom is -0.303 e. The second-order valence-corrected chi connectivity index (χ2v) is 5.81. The lowest BCUT2D eigenvalue weighted by atomic mass is 10.0. The number of hydrogen-bond acceptors (Lipinski definition) is 2. The van der Waals surface area contributed by atoms with E-state index in [1.807, 2.05) is 49.4 Å². The van der Waals surface area contributed by atoms with Crippen molar-refractivity contribution in [2.24, 2.45) is 0 Å². The molecule has 3 rings (SSSR count). The van der Waals surface area contributed by atoms with Gasteiger partial charge in [0.05, 0.1) is 17.7 Å². The first-order chi connectivity index (χ1) is 11.1. The van der Waals surface area contributed by atoms with Gasteiger partial charge in [0.1, 0.15) is 5.82 Å². The summed E-state index contributed by atoms with van der Waals surface area (Å²) in [5.74, 6) is 0.838. The third-order valence-corrected chi connectivity index (χ3v) is 4.13. The number of aryl methyl sites for hydroxylation is 2. The summed E-state index contributed by atoms with van der Waals surface area (Å²) in [6.07, 6.45) is 0. The minimum atomic E-state index is -0.0893. The molecule has 0 saturated carbocycles. The smallest absolute Gasteiger partial charge is 0.137 e. The first-order valence-corrected chi connectivity index (χ1v) is 7.72. The van der Waals surface area contributed by atoms with E-state index in [1.54, 1.807) is 0 Å². The Morgan fingerprint density at radius 2 is 1.61 bits per heavy atom. The quantitative estimate of drug-likeness (QED) is 0.698. The number of benzene rings is 1. The van der Waals surface area contributed by atoms with Crippen LogP contribution < -0.4 is 0 Å². The molecule has 1 atom stereocenters. The van der Waals surface area contributed by atoms with E-state index in [0.717, 1.165) is 22.6 Å². The van der Waals surface area contributed by atoms with Crippen LogP contribution in [-0.4, -0.2) is 9.55 Å². The molecule has 0 saturated heterocycles. The zero-order chi connectivity index (χ0) is 16.4. The van der Waals surface area contributed by atoms with Gasteiger partial charge < -0.3 is 4.57 Å². The fraction of sp³-hybridized carbons (Fsp3) is 0.200. The first kappa shape index (κ1) is 15.1. The Morgan fingerprint density at radius 1 is 0.957 bits per heavy atom. The molecule has 0 aliphatic carbocycles. The number of hydrogen-bond donors (Lipinski definition) is 0. The SMILES string of the molecule is Cc1ccc(C)n1-c1cccc(-c2ccc(C(C)C#N)cc2)n1. The van der Waals surface area contributed by atoms with Crippen molar-refractivity contribution in [2.45, 2.75) is 26.7 Å². The molecule has 3 heteroatoms. The van der Waals surface area contributed by atoms with Gasteiger partial charge in [-0.05, 0) is 50.6 Å². The van der Waals surface area contributed by atoms with E-state index in [-0.39, 0.29) is 5.92 Å². The first-order valence-electron chi connectivity index (χ1n) is 7.72. The number of pyridine rings is 1. The van der Waals surface area contributed by atoms with E-state index in [0.29, 0.717) is 0 Å². The van der Waals surface area contributed by atoms with Gasteiger partial charge in [-0.3, -0.25) is 0 Å². The van der Waals surface area contributed by atoms with Gasteiger partial charge in [0.2, 0.25) is 0 Å². The minimum absolute atomic E-state index is 0.0893. The lowest BCUT2D eigenvalue weighted by Gasteiger charge is -2.11. The van der Waals surface area contributed by atoms with E-state index in [4.69, 9.17) is 10.2 Å². The van der Waals surface area contributed by atoms with E-state index in [2.05, 4.69) is 36.6 Å². The van der Waals surface area contributed by atoms with Crippen molar-refractivity contribution in [1.29, 1.82) is 5.26 Å². The molecule has 0 N–H and O–H groups in total. The fourth-order valence-corrected chi connectivity index (χ4v) is 2.76. The predicted octanol–water partition coefficient (Wildman–Crippen LogP) is 4.78. The van der Waals surface area contributed by atoms with E-state index in [9.17, 15) is 0 Å². The van der Waals surface area contributed by atoms with Gasteiger partial charge >= 0.3 is 0 Å². The molecule has 23 heavy (non-hydrogen) atoms. The average molecular weight is 301 g/mol. The molecule has 0 bridgehead atoms. The molecular formula is C20H19N3. The lowest BCUT2D eigenvalue weighted by Crippen LogP contribution is -2.02. The van der Waals surface area contributed by atoms with Crippen LogP contribution >= 0.6 is 0 Å². The van der Waals surface area contributed by atoms with Crippen LogP contribution in [0.1, 0.15) is 29.8 Å². The Bertz CT molecular complexity index is 847. The number of rotatable bonds is 3. The third kappa shape index (κ3) is 2.89. The molecular weight excluding hydrogens is 282 g/mol. The van der Waals surface area contributed by atoms with E-state index >= 15 is 0 Å². The van der Waals surface area contributed by atoms with Gasteiger partial charge in [-0.25, -0.2) is 4.98 Å². The van der Waals surface area contributed by atoms with Gasteiger partial charge in [0, 0.05) is 17.0 Å². The second-order valence-electron chi connectivity index (χ2n) is 5.81. The highest BCUT2D eigenvalue weighted by Crippen LogP contribution is 2.23. The number of nitriles is 1. The van der Waals surface area contributed by atoms with Crippen LogP contribution in [0, 0.1) is 25.2 Å². The van der Waals surface area contributed by atoms with Crippen LogP contribution in [0.4, 0.5) is 0 Å². The molecule has 0 aliphatic rings. The summed E-state index contributed by atoms with van der Waals surface area (Å²) < 4.78 is 2.15. The summed E-state index contributed by atoms with van der Waals surface area (Å²) in [7, 11) is 0. The molecule has 0 aliphatic heterocycles. The van der Waals surface area contributed by atoms with Crippen LogP contribution in [0.15, 0.2) is 54.6 Å². The monoisotopic (exact) mass is 301 g/mol. The van der Waals surface area contributed by atoms with Gasteiger partial charge in [0.15, 0.2) is 0 Å². The largest absolute Gasteiger partial charge is 0.303 e. The molecule has 3 nitrogen and oxygen atoms in total. The Labute approximate surface area is 136 Å². The zero-order valence-corrected chi connectivity index (χ0v) is 13.6. The Kier molecular flexibility index (Phi) is 3.99. The summed E-state index contributed by atoms with van der Waals surface area (Å²) in [4.78, 5) is 4.80. The van der Waals surface area contributed by atoms with E-state index in [1.165, 1.54) is 11.4 Å². The zero-order valence-electron chi connectivity index (χ0n) is 13.6. The normalized spacial score (nSPS) is 11.9. The maximum atomic E-state index is 9.00. The fourth-order valence-electron chi connectivity index (χ4n) is 2.76. The molecule has 0 fully saturated rings. The molecule has 2 aromatic heterocycles. The maximum Gasteiger partial charge on any atom is 0.137 e. The summed E-state index contributed by atoms with van der Waals surface area (Å²) in [6, 6.07) is 20.6. The van der Waals surface area contributed by atoms with Crippen molar-refractivity contribution in [3.05, 3.63) is 71.5 Å². The lowest BCUT2D eigenvalue weighted by molar-refractivity contribution is 0.924. The topological polar surface area (TPSA) is 41.6 Å². The molecule has 2 heterocycles. The van der Waals surface area contributed by atoms with Crippen molar-refractivity contribution in [3.8, 4) is 23.1 Å². The highest BCUT2D eigenvalue weighted by molar-refractivity contribution is 5.61. The number of nitrogens with zero attached hydrogens (tertiary/aromatic N) is 3. The van der Waals surface area contributed by atoms with Gasteiger partial charge in [-0.1, -0.05) is 30.3 Å². The highest BCUT2D eigenvalue weighted by atomic mass is 15.1. The summed E-state index contributed by atoms with van der Waals surface area (Å²) >= 11 is 0. The van der Waals surface area contributed by atoms with Crippen LogP contribution in [0.2, 0.25) is 0 Å². The Hall–Kier alpha value is -2.86. The second kappa shape index (κ2) is 6.10. The molecule has 114 valence electrons. The predicted molar refractivity (Wildman–Crippen MR) is 92.5 cm³/mol. The Morgan fingerprint density at radius 3 is 2.22 bits per heavy atom. The van der Waals surface area contributed by atoms with Crippen LogP contribution in [0.25, 0.3) is 17.1 Å². The van der Waals surface area contributed by atoms with Crippen LogP contribution in [-0.2, 0) is 0 Å². The maximum absolute atomic E-state index is 9.00. The summed E-state index contributed by atoms with van der Waals surface area (Å²) in [5.41, 5.74) is 5.37. The van der Waals surface area contributed by atoms with Crippen molar-refractivity contribution in [3.63, 3.8) is 0 Å². The molecule has 0 amide bonds. The third-order valence-electron chi connectivity index (χ3n) is 4.13. The molecule has 3 aromatic rings. The van der Waals surface area contributed by atoms with E-state index < -0.39 is 0 Å².